The molecule has 0 aliphatic carbocycles. The van der Waals surface area contributed by atoms with Gasteiger partial charge in [0.05, 0.1) is 0 Å². The van der Waals surface area contributed by atoms with E-state index in [1.54, 1.807) is 12.1 Å². The molecule has 7 nitrogen and oxygen atoms in total. The summed E-state index contributed by atoms with van der Waals surface area (Å²) in [6, 6.07) is 7.17. The van der Waals surface area contributed by atoms with Gasteiger partial charge in [-0.15, -0.1) is 5.10 Å². The fourth-order valence-corrected chi connectivity index (χ4v) is 1.46. The van der Waals surface area contributed by atoms with Gasteiger partial charge in [0, 0.05) is 13.5 Å². The lowest BCUT2D eigenvalue weighted by atomic mass is 10.1. The van der Waals surface area contributed by atoms with Crippen molar-refractivity contribution in [3.05, 3.63) is 35.4 Å². The van der Waals surface area contributed by atoms with E-state index in [4.69, 9.17) is 1.37 Å². The second-order valence-electron chi connectivity index (χ2n) is 3.90. The maximum absolute atomic E-state index is 11.8. The summed E-state index contributed by atoms with van der Waals surface area (Å²) in [4.78, 5) is 13.7. The summed E-state index contributed by atoms with van der Waals surface area (Å²) >= 11 is 0. The predicted octanol–water partition coefficient (Wildman–Crippen LogP) is 0.514. The molecule has 0 aliphatic heterocycles. The van der Waals surface area contributed by atoms with Crippen molar-refractivity contribution < 1.29 is 6.17 Å². The van der Waals surface area contributed by atoms with Crippen LogP contribution in [-0.2, 0) is 6.54 Å². The zero-order valence-corrected chi connectivity index (χ0v) is 9.92. The molecule has 0 radical (unpaired) electrons. The van der Waals surface area contributed by atoms with Crippen molar-refractivity contribution in [1.29, 1.82) is 0 Å². The number of nitrogens with one attached hydrogen (secondary N) is 2. The number of tetrazole rings is 1. The molecule has 0 aliphatic rings. The summed E-state index contributed by atoms with van der Waals surface area (Å²) in [5.41, 5.74) is 1.56. The first-order valence-corrected chi connectivity index (χ1v) is 5.30. The topological polar surface area (TPSA) is 86.8 Å². The standard InChI is InChI=1S/C11H14N6O/c1-17(2)7-8-3-5-9(6-4-8)10(18)12-11-13-15-16-14-11/h3-6H,7H2,1-2H3,(H2,12,13,14,15,16,18)/i1D. The fraction of sp³-hybridized carbons (Fsp3) is 0.273. The number of benzene rings is 1. The molecule has 1 aromatic carbocycles. The minimum Gasteiger partial charge on any atom is -0.305 e. The molecule has 2 aromatic rings. The van der Waals surface area contributed by atoms with Gasteiger partial charge in [-0.05, 0) is 37.0 Å². The number of anilines is 1. The largest absolute Gasteiger partial charge is 0.305 e. The highest BCUT2D eigenvalue weighted by molar-refractivity contribution is 6.03. The number of rotatable bonds is 4. The van der Waals surface area contributed by atoms with Gasteiger partial charge in [0.25, 0.3) is 11.9 Å². The highest BCUT2D eigenvalue weighted by Gasteiger charge is 2.08. The number of nitrogens with zero attached hydrogens (tertiary/aromatic N) is 4. The molecule has 0 saturated carbocycles. The van der Waals surface area contributed by atoms with E-state index < -0.39 is 0 Å². The predicted molar refractivity (Wildman–Crippen MR) is 66.0 cm³/mol. The molecule has 0 bridgehead atoms. The molecular weight excluding hydrogens is 232 g/mol. The number of hydrogen-bond donors (Lipinski definition) is 2. The highest BCUT2D eigenvalue weighted by atomic mass is 16.1. The number of hydrogen-bond acceptors (Lipinski definition) is 5. The molecule has 2 rings (SSSR count). The normalized spacial score (nSPS) is 11.3. The molecule has 0 atom stereocenters. The van der Waals surface area contributed by atoms with Crippen LogP contribution in [0.5, 0.6) is 0 Å². The van der Waals surface area contributed by atoms with Crippen molar-refractivity contribution >= 4 is 11.9 Å². The number of amides is 1. The second-order valence-corrected chi connectivity index (χ2v) is 3.90. The maximum Gasteiger partial charge on any atom is 0.270 e. The molecule has 1 heterocycles. The molecule has 18 heavy (non-hydrogen) atoms. The first-order chi connectivity index (χ1) is 9.19. The van der Waals surface area contributed by atoms with Gasteiger partial charge in [-0.3, -0.25) is 10.1 Å². The van der Waals surface area contributed by atoms with Crippen LogP contribution in [0.4, 0.5) is 5.95 Å². The van der Waals surface area contributed by atoms with E-state index in [0.717, 1.165) is 5.56 Å². The van der Waals surface area contributed by atoms with Gasteiger partial charge in [-0.1, -0.05) is 17.2 Å². The lowest BCUT2D eigenvalue weighted by molar-refractivity contribution is 0.102. The number of aromatic nitrogens is 4. The lowest BCUT2D eigenvalue weighted by Crippen LogP contribution is -2.14. The number of aromatic amines is 1. The Kier molecular flexibility index (Phi) is 3.23. The van der Waals surface area contributed by atoms with Crippen molar-refractivity contribution in [1.82, 2.24) is 25.5 Å². The summed E-state index contributed by atoms with van der Waals surface area (Å²) < 4.78 is 7.22. The van der Waals surface area contributed by atoms with Crippen LogP contribution in [-0.4, -0.2) is 45.5 Å². The van der Waals surface area contributed by atoms with E-state index in [1.807, 2.05) is 24.1 Å². The minimum absolute atomic E-state index is 0.142. The summed E-state index contributed by atoms with van der Waals surface area (Å²) in [5, 5.41) is 15.4. The Hall–Kier alpha value is -2.28. The van der Waals surface area contributed by atoms with Gasteiger partial charge in [-0.25, -0.2) is 0 Å². The Labute approximate surface area is 106 Å². The van der Waals surface area contributed by atoms with Crippen LogP contribution in [0.2, 0.25) is 0 Å². The zero-order valence-electron chi connectivity index (χ0n) is 10.9. The molecule has 1 amide bonds. The van der Waals surface area contributed by atoms with Crippen LogP contribution in [0, 0.1) is 0 Å². The highest BCUT2D eigenvalue weighted by Crippen LogP contribution is 2.07. The van der Waals surface area contributed by atoms with Crippen molar-refractivity contribution in [2.45, 2.75) is 6.54 Å². The summed E-state index contributed by atoms with van der Waals surface area (Å²) in [7, 11) is 2.10. The first kappa shape index (κ1) is 10.8. The van der Waals surface area contributed by atoms with Crippen molar-refractivity contribution in [3.63, 3.8) is 0 Å². The second kappa shape index (κ2) is 5.37. The summed E-state index contributed by atoms with van der Waals surface area (Å²) in [5.74, 6) is -0.148. The van der Waals surface area contributed by atoms with E-state index in [1.165, 1.54) is 0 Å². The smallest absolute Gasteiger partial charge is 0.270 e. The molecule has 7 heteroatoms. The minimum atomic E-state index is -0.290. The molecule has 94 valence electrons. The van der Waals surface area contributed by atoms with Crippen LogP contribution in [0.15, 0.2) is 24.3 Å². The maximum atomic E-state index is 11.8. The lowest BCUT2D eigenvalue weighted by Gasteiger charge is -2.09. The Morgan fingerprint density at radius 3 is 2.89 bits per heavy atom. The first-order valence-electron chi connectivity index (χ1n) is 6.01. The van der Waals surface area contributed by atoms with E-state index in [-0.39, 0.29) is 18.9 Å². The summed E-state index contributed by atoms with van der Waals surface area (Å²) in [6.07, 6.45) is 0. The third-order valence-corrected chi connectivity index (χ3v) is 2.24. The molecule has 2 N–H and O–H groups in total. The SMILES string of the molecule is [2H]CN(C)Cc1ccc(C(=O)Nc2nn[nH]n2)cc1. The van der Waals surface area contributed by atoms with Gasteiger partial charge in [0.2, 0.25) is 0 Å². The quantitative estimate of drug-likeness (QED) is 0.822. The van der Waals surface area contributed by atoms with Crippen LogP contribution < -0.4 is 5.32 Å². The van der Waals surface area contributed by atoms with Crippen molar-refractivity contribution in [3.8, 4) is 0 Å². The van der Waals surface area contributed by atoms with Crippen LogP contribution in [0.1, 0.15) is 17.3 Å². The van der Waals surface area contributed by atoms with Crippen LogP contribution in [0.3, 0.4) is 0 Å². The zero-order chi connectivity index (χ0) is 13.7. The molecule has 1 aromatic heterocycles. The number of carbonyl (C=O) groups excluding carboxylic acids is 1. The van der Waals surface area contributed by atoms with Gasteiger partial charge in [0.1, 0.15) is 0 Å². The van der Waals surface area contributed by atoms with Crippen molar-refractivity contribution in [2.24, 2.45) is 0 Å². The molecule has 0 fully saturated rings. The third kappa shape index (κ3) is 3.11. The number of carbonyl (C=O) groups is 1. The fourth-order valence-electron chi connectivity index (χ4n) is 1.46. The Bertz CT molecular complexity index is 527. The molecule has 0 saturated heterocycles. The van der Waals surface area contributed by atoms with Crippen LogP contribution >= 0.6 is 0 Å². The van der Waals surface area contributed by atoms with E-state index in [2.05, 4.69) is 25.9 Å². The van der Waals surface area contributed by atoms with E-state index in [9.17, 15) is 4.79 Å². The molecule has 0 unspecified atom stereocenters. The van der Waals surface area contributed by atoms with Crippen molar-refractivity contribution in [2.75, 3.05) is 19.4 Å². The summed E-state index contributed by atoms with van der Waals surface area (Å²) in [6.45, 7) is 0.677. The number of H-pyrrole nitrogens is 1. The molecular formula is C11H14N6O. The van der Waals surface area contributed by atoms with Gasteiger partial charge < -0.3 is 4.90 Å². The van der Waals surface area contributed by atoms with Gasteiger partial charge in [-0.2, -0.15) is 5.21 Å². The van der Waals surface area contributed by atoms with E-state index >= 15 is 0 Å². The average Bonchev–Trinajstić information content (AvgIpc) is 2.92. The Morgan fingerprint density at radius 1 is 1.50 bits per heavy atom. The average molecular weight is 247 g/mol. The third-order valence-electron chi connectivity index (χ3n) is 2.24. The monoisotopic (exact) mass is 247 g/mol. The Morgan fingerprint density at radius 2 is 2.28 bits per heavy atom. The molecule has 0 spiro atoms. The van der Waals surface area contributed by atoms with Gasteiger partial charge in [0.15, 0.2) is 0 Å². The Balaban J connectivity index is 1.99. The van der Waals surface area contributed by atoms with E-state index in [0.29, 0.717) is 12.1 Å². The van der Waals surface area contributed by atoms with Gasteiger partial charge >= 0.3 is 0 Å². The van der Waals surface area contributed by atoms with Crippen LogP contribution in [0.25, 0.3) is 0 Å².